The fourth-order valence-electron chi connectivity index (χ4n) is 2.74. The van der Waals surface area contributed by atoms with Gasteiger partial charge in [-0.25, -0.2) is 0 Å². The van der Waals surface area contributed by atoms with Crippen molar-refractivity contribution in [3.8, 4) is 0 Å². The Hall–Kier alpha value is -1.81. The molecule has 25 heavy (non-hydrogen) atoms. The van der Waals surface area contributed by atoms with E-state index in [4.69, 9.17) is 0 Å². The molecular weight excluding hydrogens is 323 g/mol. The van der Waals surface area contributed by atoms with Gasteiger partial charge in [-0.05, 0) is 48.2 Å². The van der Waals surface area contributed by atoms with E-state index in [1.165, 1.54) is 11.1 Å². The number of hydrogen-bond acceptors (Lipinski definition) is 1. The molecule has 0 radical (unpaired) electrons. The smallest absolute Gasteiger partial charge is 0.295 e. The van der Waals surface area contributed by atoms with Gasteiger partial charge in [0.05, 0.1) is 5.56 Å². The van der Waals surface area contributed by atoms with Crippen molar-refractivity contribution in [2.24, 2.45) is 0 Å². The van der Waals surface area contributed by atoms with Gasteiger partial charge in [0, 0.05) is 12.6 Å². The second kappa shape index (κ2) is 7.20. The van der Waals surface area contributed by atoms with Crippen LogP contribution in [-0.2, 0) is 18.1 Å². The SMILES string of the molecule is CC(c1ccc(C(C)(C)C)cc1)N(C)Cc1ccc(C(F)(F)F)cc1. The summed E-state index contributed by atoms with van der Waals surface area (Å²) in [4.78, 5) is 2.13. The summed E-state index contributed by atoms with van der Waals surface area (Å²) < 4.78 is 37.9. The number of halogens is 3. The van der Waals surface area contributed by atoms with Gasteiger partial charge in [-0.15, -0.1) is 0 Å². The van der Waals surface area contributed by atoms with Crippen LogP contribution in [0.15, 0.2) is 48.5 Å². The molecule has 0 aliphatic carbocycles. The van der Waals surface area contributed by atoms with Gasteiger partial charge in [-0.3, -0.25) is 4.90 Å². The summed E-state index contributed by atoms with van der Waals surface area (Å²) >= 11 is 0. The topological polar surface area (TPSA) is 3.24 Å². The normalized spacial score (nSPS) is 14.0. The molecule has 4 heteroatoms. The van der Waals surface area contributed by atoms with E-state index in [-0.39, 0.29) is 11.5 Å². The lowest BCUT2D eigenvalue weighted by Crippen LogP contribution is -2.22. The first-order chi connectivity index (χ1) is 11.5. The van der Waals surface area contributed by atoms with Crippen LogP contribution in [-0.4, -0.2) is 11.9 Å². The molecule has 1 nitrogen and oxygen atoms in total. The molecule has 2 rings (SSSR count). The number of benzene rings is 2. The molecule has 0 aliphatic rings. The molecule has 0 N–H and O–H groups in total. The Morgan fingerprint density at radius 2 is 1.32 bits per heavy atom. The highest BCUT2D eigenvalue weighted by atomic mass is 19.4. The van der Waals surface area contributed by atoms with Gasteiger partial charge in [0.25, 0.3) is 0 Å². The minimum Gasteiger partial charge on any atom is -0.295 e. The average Bonchev–Trinajstić information content (AvgIpc) is 2.53. The third-order valence-electron chi connectivity index (χ3n) is 4.63. The van der Waals surface area contributed by atoms with E-state index >= 15 is 0 Å². The summed E-state index contributed by atoms with van der Waals surface area (Å²) in [5, 5.41) is 0. The van der Waals surface area contributed by atoms with E-state index < -0.39 is 11.7 Å². The first-order valence-corrected chi connectivity index (χ1v) is 8.45. The highest BCUT2D eigenvalue weighted by Gasteiger charge is 2.30. The zero-order valence-electron chi connectivity index (χ0n) is 15.5. The second-order valence-electron chi connectivity index (χ2n) is 7.66. The molecule has 2 aromatic rings. The minimum absolute atomic E-state index is 0.119. The third kappa shape index (κ3) is 5.08. The van der Waals surface area contributed by atoms with Crippen molar-refractivity contribution >= 4 is 0 Å². The van der Waals surface area contributed by atoms with Crippen LogP contribution in [0.2, 0.25) is 0 Å². The molecule has 1 atom stereocenters. The standard InChI is InChI=1S/C21H26F3N/c1-15(17-8-12-18(13-9-17)20(2,3)4)25(5)14-16-6-10-19(11-7-16)21(22,23)24/h6-13,15H,14H2,1-5H3. The van der Waals surface area contributed by atoms with Crippen molar-refractivity contribution < 1.29 is 13.2 Å². The summed E-state index contributed by atoms with van der Waals surface area (Å²) in [5.74, 6) is 0. The molecular formula is C21H26F3N. The second-order valence-corrected chi connectivity index (χ2v) is 7.66. The minimum atomic E-state index is -4.29. The van der Waals surface area contributed by atoms with Crippen LogP contribution in [0.5, 0.6) is 0 Å². The number of hydrogen-bond donors (Lipinski definition) is 0. The maximum atomic E-state index is 12.6. The fraction of sp³-hybridized carbons (Fsp3) is 0.429. The summed E-state index contributed by atoms with van der Waals surface area (Å²) in [6, 6.07) is 14.1. The van der Waals surface area contributed by atoms with Gasteiger partial charge < -0.3 is 0 Å². The van der Waals surface area contributed by atoms with Crippen LogP contribution in [0.4, 0.5) is 13.2 Å². The maximum Gasteiger partial charge on any atom is 0.416 e. The van der Waals surface area contributed by atoms with Crippen molar-refractivity contribution in [3.05, 3.63) is 70.8 Å². The van der Waals surface area contributed by atoms with Crippen molar-refractivity contribution in [2.45, 2.75) is 51.9 Å². The largest absolute Gasteiger partial charge is 0.416 e. The quantitative estimate of drug-likeness (QED) is 0.635. The van der Waals surface area contributed by atoms with Crippen molar-refractivity contribution in [2.75, 3.05) is 7.05 Å². The molecule has 0 spiro atoms. The summed E-state index contributed by atoms with van der Waals surface area (Å²) in [7, 11) is 1.99. The predicted octanol–water partition coefficient (Wildman–Crippen LogP) is 6.20. The highest BCUT2D eigenvalue weighted by molar-refractivity contribution is 5.29. The zero-order chi connectivity index (χ0) is 18.8. The van der Waals surface area contributed by atoms with Gasteiger partial charge in [0.15, 0.2) is 0 Å². The number of rotatable bonds is 4. The van der Waals surface area contributed by atoms with E-state index in [0.717, 1.165) is 17.7 Å². The van der Waals surface area contributed by atoms with Crippen molar-refractivity contribution in [1.82, 2.24) is 4.90 Å². The number of nitrogens with zero attached hydrogens (tertiary/aromatic N) is 1. The Morgan fingerprint density at radius 1 is 0.840 bits per heavy atom. The van der Waals surface area contributed by atoms with Crippen LogP contribution in [0.1, 0.15) is 56.0 Å². The van der Waals surface area contributed by atoms with Crippen LogP contribution in [0.3, 0.4) is 0 Å². The molecule has 0 fully saturated rings. The Morgan fingerprint density at radius 3 is 1.76 bits per heavy atom. The van der Waals surface area contributed by atoms with Gasteiger partial charge in [0.1, 0.15) is 0 Å². The van der Waals surface area contributed by atoms with E-state index in [2.05, 4.69) is 56.9 Å². The molecule has 1 unspecified atom stereocenters. The third-order valence-corrected chi connectivity index (χ3v) is 4.63. The van der Waals surface area contributed by atoms with Gasteiger partial charge >= 0.3 is 6.18 Å². The summed E-state index contributed by atoms with van der Waals surface area (Å²) in [5.41, 5.74) is 2.86. The Labute approximate surface area is 148 Å². The van der Waals surface area contributed by atoms with Crippen molar-refractivity contribution in [3.63, 3.8) is 0 Å². The zero-order valence-corrected chi connectivity index (χ0v) is 15.5. The Balaban J connectivity index is 2.06. The van der Waals surface area contributed by atoms with Gasteiger partial charge in [-0.2, -0.15) is 13.2 Å². The molecule has 0 heterocycles. The lowest BCUT2D eigenvalue weighted by atomic mass is 9.86. The van der Waals surface area contributed by atoms with Crippen molar-refractivity contribution in [1.29, 1.82) is 0 Å². The van der Waals surface area contributed by atoms with E-state index in [1.807, 2.05) is 7.05 Å². The monoisotopic (exact) mass is 349 g/mol. The first-order valence-electron chi connectivity index (χ1n) is 8.45. The number of alkyl halides is 3. The molecule has 2 aromatic carbocycles. The Kier molecular flexibility index (Phi) is 5.62. The highest BCUT2D eigenvalue weighted by Crippen LogP contribution is 2.30. The van der Waals surface area contributed by atoms with Crippen LogP contribution in [0.25, 0.3) is 0 Å². The molecule has 0 aromatic heterocycles. The fourth-order valence-corrected chi connectivity index (χ4v) is 2.74. The maximum absolute atomic E-state index is 12.6. The summed E-state index contributed by atoms with van der Waals surface area (Å²) in [6.45, 7) is 9.25. The molecule has 136 valence electrons. The van der Waals surface area contributed by atoms with Gasteiger partial charge in [-0.1, -0.05) is 57.2 Å². The average molecular weight is 349 g/mol. The van der Waals surface area contributed by atoms with E-state index in [1.54, 1.807) is 12.1 Å². The molecule has 0 saturated carbocycles. The van der Waals surface area contributed by atoms with E-state index in [0.29, 0.717) is 6.54 Å². The molecule has 0 aliphatic heterocycles. The lowest BCUT2D eigenvalue weighted by Gasteiger charge is -2.26. The Bertz CT molecular complexity index is 679. The van der Waals surface area contributed by atoms with Gasteiger partial charge in [0.2, 0.25) is 0 Å². The predicted molar refractivity (Wildman–Crippen MR) is 96.5 cm³/mol. The molecule has 0 saturated heterocycles. The molecule has 0 amide bonds. The van der Waals surface area contributed by atoms with Crippen LogP contribution >= 0.6 is 0 Å². The molecule has 0 bridgehead atoms. The van der Waals surface area contributed by atoms with E-state index in [9.17, 15) is 13.2 Å². The first kappa shape index (κ1) is 19.5. The summed E-state index contributed by atoms with van der Waals surface area (Å²) in [6.07, 6.45) is -4.29. The lowest BCUT2D eigenvalue weighted by molar-refractivity contribution is -0.137. The van der Waals surface area contributed by atoms with Crippen LogP contribution < -0.4 is 0 Å². The van der Waals surface area contributed by atoms with Crippen LogP contribution in [0, 0.1) is 0 Å².